The maximum Gasteiger partial charge on any atom is 0.314 e. The Morgan fingerprint density at radius 1 is 1.39 bits per heavy atom. The molecule has 0 fully saturated rings. The Kier molecular flexibility index (Phi) is 10.2. The number of thioether (sulfide) groups is 1. The highest BCUT2D eigenvalue weighted by Gasteiger charge is 2.09. The van der Waals surface area contributed by atoms with Crippen molar-refractivity contribution < 1.29 is 14.7 Å². The van der Waals surface area contributed by atoms with Gasteiger partial charge < -0.3 is 15.7 Å². The largest absolute Gasteiger partial charge is 0.481 e. The second-order valence-electron chi connectivity index (χ2n) is 3.93. The zero-order valence-electron chi connectivity index (χ0n) is 10.8. The van der Waals surface area contributed by atoms with E-state index in [0.29, 0.717) is 25.9 Å². The lowest BCUT2D eigenvalue weighted by Gasteiger charge is -2.08. The van der Waals surface area contributed by atoms with Crippen molar-refractivity contribution in [3.63, 3.8) is 0 Å². The molecule has 0 spiro atoms. The number of hydrogen-bond donors (Lipinski definition) is 3. The molecule has 1 atom stereocenters. The van der Waals surface area contributed by atoms with Gasteiger partial charge in [0.2, 0.25) is 0 Å². The minimum atomic E-state index is -0.793. The van der Waals surface area contributed by atoms with Crippen LogP contribution >= 0.6 is 11.8 Å². The minimum Gasteiger partial charge on any atom is -0.481 e. The molecule has 0 aromatic rings. The average molecular weight is 274 g/mol. The summed E-state index contributed by atoms with van der Waals surface area (Å²) in [6.45, 7) is 6.40. The molecule has 5 nitrogen and oxygen atoms in total. The second-order valence-corrected chi connectivity index (χ2v) is 5.08. The SMILES string of the molecule is C=CCSCCNC(=O)NCCCC(C)C(=O)O. The van der Waals surface area contributed by atoms with E-state index in [2.05, 4.69) is 17.2 Å². The van der Waals surface area contributed by atoms with Gasteiger partial charge in [-0.05, 0) is 12.8 Å². The lowest BCUT2D eigenvalue weighted by molar-refractivity contribution is -0.141. The number of amides is 2. The highest BCUT2D eigenvalue weighted by Crippen LogP contribution is 2.04. The van der Waals surface area contributed by atoms with Crippen LogP contribution in [0.3, 0.4) is 0 Å². The van der Waals surface area contributed by atoms with Crippen molar-refractivity contribution in [3.05, 3.63) is 12.7 Å². The fraction of sp³-hybridized carbons (Fsp3) is 0.667. The summed E-state index contributed by atoms with van der Waals surface area (Å²) >= 11 is 1.70. The topological polar surface area (TPSA) is 78.4 Å². The first-order valence-electron chi connectivity index (χ1n) is 6.01. The first-order chi connectivity index (χ1) is 8.57. The number of carboxylic acids is 1. The highest BCUT2D eigenvalue weighted by molar-refractivity contribution is 7.99. The molecule has 0 saturated carbocycles. The van der Waals surface area contributed by atoms with Crippen LogP contribution in [0.2, 0.25) is 0 Å². The molecule has 0 radical (unpaired) electrons. The van der Waals surface area contributed by atoms with E-state index < -0.39 is 5.97 Å². The van der Waals surface area contributed by atoms with Gasteiger partial charge in [0.05, 0.1) is 5.92 Å². The summed E-state index contributed by atoms with van der Waals surface area (Å²) in [7, 11) is 0. The summed E-state index contributed by atoms with van der Waals surface area (Å²) in [5, 5.41) is 14.1. The van der Waals surface area contributed by atoms with Gasteiger partial charge in [0.1, 0.15) is 0 Å². The molecular formula is C12H22N2O3S. The predicted octanol–water partition coefficient (Wildman–Crippen LogP) is 1.71. The maximum absolute atomic E-state index is 11.3. The molecule has 0 bridgehead atoms. The third-order valence-electron chi connectivity index (χ3n) is 2.29. The van der Waals surface area contributed by atoms with Gasteiger partial charge in [0, 0.05) is 24.6 Å². The molecule has 0 aliphatic carbocycles. The monoisotopic (exact) mass is 274 g/mol. The van der Waals surface area contributed by atoms with Crippen LogP contribution in [0.15, 0.2) is 12.7 Å². The average Bonchev–Trinajstić information content (AvgIpc) is 2.34. The summed E-state index contributed by atoms with van der Waals surface area (Å²) in [5.74, 6) is 0.593. The van der Waals surface area contributed by atoms with Gasteiger partial charge in [-0.25, -0.2) is 4.79 Å². The van der Waals surface area contributed by atoms with Gasteiger partial charge in [-0.1, -0.05) is 13.0 Å². The molecule has 0 aliphatic heterocycles. The number of carbonyl (C=O) groups excluding carboxylic acids is 1. The standard InChI is InChI=1S/C12H22N2O3S/c1-3-8-18-9-7-14-12(17)13-6-4-5-10(2)11(15)16/h3,10H,1,4-9H2,2H3,(H,15,16)(H2,13,14,17). The first kappa shape index (κ1) is 16.8. The summed E-state index contributed by atoms with van der Waals surface area (Å²) < 4.78 is 0. The van der Waals surface area contributed by atoms with E-state index in [1.54, 1.807) is 18.7 Å². The molecule has 0 heterocycles. The fourth-order valence-corrected chi connectivity index (χ4v) is 1.78. The number of carboxylic acid groups (broad SMARTS) is 1. The van der Waals surface area contributed by atoms with Crippen molar-refractivity contribution in [3.8, 4) is 0 Å². The third kappa shape index (κ3) is 10.0. The number of nitrogens with one attached hydrogen (secondary N) is 2. The Labute approximate surface area is 112 Å². The van der Waals surface area contributed by atoms with Crippen molar-refractivity contribution in [2.75, 3.05) is 24.6 Å². The molecule has 104 valence electrons. The van der Waals surface area contributed by atoms with Crippen LogP contribution in [0, 0.1) is 5.92 Å². The van der Waals surface area contributed by atoms with E-state index in [4.69, 9.17) is 5.11 Å². The number of hydrogen-bond acceptors (Lipinski definition) is 3. The zero-order chi connectivity index (χ0) is 13.8. The van der Waals surface area contributed by atoms with Crippen LogP contribution in [-0.4, -0.2) is 41.7 Å². The number of aliphatic carboxylic acids is 1. The number of carbonyl (C=O) groups is 2. The van der Waals surface area contributed by atoms with Crippen LogP contribution in [0.25, 0.3) is 0 Å². The highest BCUT2D eigenvalue weighted by atomic mass is 32.2. The minimum absolute atomic E-state index is 0.197. The zero-order valence-corrected chi connectivity index (χ0v) is 11.6. The molecule has 2 amide bonds. The summed E-state index contributed by atoms with van der Waals surface area (Å²) in [5.41, 5.74) is 0. The number of urea groups is 1. The predicted molar refractivity (Wildman–Crippen MR) is 75.0 cm³/mol. The van der Waals surface area contributed by atoms with Crippen LogP contribution < -0.4 is 10.6 Å². The normalized spacial score (nSPS) is 11.6. The molecule has 6 heteroatoms. The molecule has 18 heavy (non-hydrogen) atoms. The van der Waals surface area contributed by atoms with Gasteiger partial charge in [-0.2, -0.15) is 11.8 Å². The Bertz CT molecular complexity index is 272. The van der Waals surface area contributed by atoms with Crippen molar-refractivity contribution >= 4 is 23.8 Å². The summed E-state index contributed by atoms with van der Waals surface area (Å²) in [6.07, 6.45) is 3.07. The van der Waals surface area contributed by atoms with E-state index in [1.807, 2.05) is 6.08 Å². The summed E-state index contributed by atoms with van der Waals surface area (Å²) in [4.78, 5) is 21.8. The lowest BCUT2D eigenvalue weighted by atomic mass is 10.1. The van der Waals surface area contributed by atoms with Crippen molar-refractivity contribution in [1.29, 1.82) is 0 Å². The molecule has 0 saturated heterocycles. The molecule has 1 unspecified atom stereocenters. The second kappa shape index (κ2) is 11.0. The molecular weight excluding hydrogens is 252 g/mol. The first-order valence-corrected chi connectivity index (χ1v) is 7.16. The van der Waals surface area contributed by atoms with Crippen LogP contribution in [0.1, 0.15) is 19.8 Å². The van der Waals surface area contributed by atoms with Gasteiger partial charge >= 0.3 is 12.0 Å². The number of rotatable bonds is 10. The molecule has 0 aliphatic rings. The van der Waals surface area contributed by atoms with Gasteiger partial charge in [0.25, 0.3) is 0 Å². The Morgan fingerprint density at radius 2 is 2.06 bits per heavy atom. The van der Waals surface area contributed by atoms with Gasteiger partial charge in [-0.15, -0.1) is 6.58 Å². The van der Waals surface area contributed by atoms with Crippen molar-refractivity contribution in [2.45, 2.75) is 19.8 Å². The summed E-state index contributed by atoms with van der Waals surface area (Å²) in [6, 6.07) is -0.197. The Morgan fingerprint density at radius 3 is 2.67 bits per heavy atom. The Hall–Kier alpha value is -1.17. The smallest absolute Gasteiger partial charge is 0.314 e. The molecule has 0 aromatic carbocycles. The molecule has 3 N–H and O–H groups in total. The van der Waals surface area contributed by atoms with Crippen LogP contribution in [0.4, 0.5) is 4.79 Å². The quantitative estimate of drug-likeness (QED) is 0.418. The van der Waals surface area contributed by atoms with E-state index in [1.165, 1.54) is 0 Å². The lowest BCUT2D eigenvalue weighted by Crippen LogP contribution is -2.37. The molecule has 0 rings (SSSR count). The Balaban J connectivity index is 3.37. The van der Waals surface area contributed by atoms with Crippen LogP contribution in [-0.2, 0) is 4.79 Å². The fourth-order valence-electron chi connectivity index (χ4n) is 1.20. The van der Waals surface area contributed by atoms with Gasteiger partial charge in [-0.3, -0.25) is 4.79 Å². The van der Waals surface area contributed by atoms with E-state index in [-0.39, 0.29) is 11.9 Å². The van der Waals surface area contributed by atoms with Crippen molar-refractivity contribution in [1.82, 2.24) is 10.6 Å². The van der Waals surface area contributed by atoms with E-state index >= 15 is 0 Å². The van der Waals surface area contributed by atoms with E-state index in [0.717, 1.165) is 11.5 Å². The maximum atomic E-state index is 11.3. The molecule has 0 aromatic heterocycles. The van der Waals surface area contributed by atoms with E-state index in [9.17, 15) is 9.59 Å². The van der Waals surface area contributed by atoms with Crippen molar-refractivity contribution in [2.24, 2.45) is 5.92 Å². The van der Waals surface area contributed by atoms with Gasteiger partial charge in [0.15, 0.2) is 0 Å². The third-order valence-corrected chi connectivity index (χ3v) is 3.25. The van der Waals surface area contributed by atoms with Crippen LogP contribution in [0.5, 0.6) is 0 Å².